The molecule has 0 aromatic heterocycles. The quantitative estimate of drug-likeness (QED) is 0.348. The molecule has 124 valence electrons. The van der Waals surface area contributed by atoms with E-state index in [-0.39, 0.29) is 29.8 Å². The molecule has 0 bridgehead atoms. The van der Waals surface area contributed by atoms with Crippen LogP contribution in [0, 0.1) is 5.82 Å². The second kappa shape index (κ2) is 9.83. The number of halogens is 2. The average Bonchev–Trinajstić information content (AvgIpc) is 2.53. The van der Waals surface area contributed by atoms with Crippen molar-refractivity contribution in [2.24, 2.45) is 4.99 Å². The number of nitrogens with one attached hydrogen (secondary N) is 1. The summed E-state index contributed by atoms with van der Waals surface area (Å²) in [4.78, 5) is 8.79. The SMILES string of the molecule is CN=C(NCCOC)N1CCN(c2ccc(F)cc2)CC1.I. The molecule has 1 saturated heterocycles. The molecule has 0 saturated carbocycles. The molecule has 1 aliphatic heterocycles. The lowest BCUT2D eigenvalue weighted by atomic mass is 10.2. The summed E-state index contributed by atoms with van der Waals surface area (Å²) in [6.07, 6.45) is 0. The standard InChI is InChI=1S/C15H23FN4O.HI/c1-17-15(18-7-12-21-2)20-10-8-19(9-11-20)14-5-3-13(16)4-6-14;/h3-6H,7-12H2,1-2H3,(H,17,18);1H. The number of rotatable bonds is 4. The van der Waals surface area contributed by atoms with Crippen LogP contribution in [-0.2, 0) is 4.74 Å². The molecule has 1 aromatic carbocycles. The summed E-state index contributed by atoms with van der Waals surface area (Å²) in [5, 5.41) is 3.28. The molecule has 22 heavy (non-hydrogen) atoms. The second-order valence-electron chi connectivity index (χ2n) is 4.92. The van der Waals surface area contributed by atoms with Crippen molar-refractivity contribution < 1.29 is 9.13 Å². The first-order valence-electron chi connectivity index (χ1n) is 7.19. The van der Waals surface area contributed by atoms with Crippen LogP contribution < -0.4 is 10.2 Å². The predicted molar refractivity (Wildman–Crippen MR) is 98.8 cm³/mol. The Hall–Kier alpha value is -1.09. The second-order valence-corrected chi connectivity index (χ2v) is 4.92. The summed E-state index contributed by atoms with van der Waals surface area (Å²) in [7, 11) is 3.48. The number of guanidine groups is 1. The molecule has 1 N–H and O–H groups in total. The number of piperazine rings is 1. The maximum Gasteiger partial charge on any atom is 0.193 e. The van der Waals surface area contributed by atoms with Gasteiger partial charge in [0.05, 0.1) is 6.61 Å². The smallest absolute Gasteiger partial charge is 0.193 e. The minimum Gasteiger partial charge on any atom is -0.383 e. The van der Waals surface area contributed by atoms with Crippen molar-refractivity contribution in [1.29, 1.82) is 0 Å². The lowest BCUT2D eigenvalue weighted by Gasteiger charge is -2.37. The van der Waals surface area contributed by atoms with Crippen molar-refractivity contribution in [2.75, 3.05) is 58.4 Å². The number of methoxy groups -OCH3 is 1. The van der Waals surface area contributed by atoms with Gasteiger partial charge in [-0.25, -0.2) is 4.39 Å². The lowest BCUT2D eigenvalue weighted by Crippen LogP contribution is -2.53. The first-order chi connectivity index (χ1) is 10.2. The summed E-state index contributed by atoms with van der Waals surface area (Å²) in [5.74, 6) is 0.714. The third-order valence-electron chi connectivity index (χ3n) is 3.57. The monoisotopic (exact) mass is 422 g/mol. The predicted octanol–water partition coefficient (Wildman–Crippen LogP) is 1.79. The molecule has 0 spiro atoms. The highest BCUT2D eigenvalue weighted by atomic mass is 127. The van der Waals surface area contributed by atoms with E-state index in [0.29, 0.717) is 6.61 Å². The molecule has 5 nitrogen and oxygen atoms in total. The highest BCUT2D eigenvalue weighted by Crippen LogP contribution is 2.16. The average molecular weight is 422 g/mol. The van der Waals surface area contributed by atoms with Crippen molar-refractivity contribution in [1.82, 2.24) is 10.2 Å². The Balaban J connectivity index is 0.00000242. The molecule has 0 radical (unpaired) electrons. The zero-order chi connectivity index (χ0) is 15.1. The summed E-state index contributed by atoms with van der Waals surface area (Å²) in [5.41, 5.74) is 1.07. The van der Waals surface area contributed by atoms with Gasteiger partial charge in [-0.3, -0.25) is 4.99 Å². The zero-order valence-corrected chi connectivity index (χ0v) is 15.4. The van der Waals surface area contributed by atoms with E-state index in [1.165, 1.54) is 12.1 Å². The van der Waals surface area contributed by atoms with Gasteiger partial charge >= 0.3 is 0 Å². The van der Waals surface area contributed by atoms with E-state index in [4.69, 9.17) is 4.74 Å². The molecule has 1 heterocycles. The van der Waals surface area contributed by atoms with E-state index < -0.39 is 0 Å². The molecule has 1 fully saturated rings. The van der Waals surface area contributed by atoms with Crippen molar-refractivity contribution in [3.8, 4) is 0 Å². The number of hydrogen-bond donors (Lipinski definition) is 1. The minimum atomic E-state index is -0.194. The van der Waals surface area contributed by atoms with Crippen LogP contribution in [0.4, 0.5) is 10.1 Å². The van der Waals surface area contributed by atoms with E-state index in [0.717, 1.165) is 44.4 Å². The highest BCUT2D eigenvalue weighted by molar-refractivity contribution is 14.0. The Morgan fingerprint density at radius 3 is 2.41 bits per heavy atom. The van der Waals surface area contributed by atoms with Crippen molar-refractivity contribution in [2.45, 2.75) is 0 Å². The summed E-state index contributed by atoms with van der Waals surface area (Å²) in [6.45, 7) is 5.00. The number of aliphatic imine (C=N–C) groups is 1. The molecular formula is C15H24FIN4O. The Morgan fingerprint density at radius 2 is 1.86 bits per heavy atom. The van der Waals surface area contributed by atoms with E-state index in [1.54, 1.807) is 14.2 Å². The summed E-state index contributed by atoms with van der Waals surface area (Å²) in [6, 6.07) is 6.67. The number of ether oxygens (including phenoxy) is 1. The topological polar surface area (TPSA) is 40.1 Å². The van der Waals surface area contributed by atoms with Crippen LogP contribution in [0.5, 0.6) is 0 Å². The van der Waals surface area contributed by atoms with Crippen molar-refractivity contribution in [3.05, 3.63) is 30.1 Å². The van der Waals surface area contributed by atoms with Gasteiger partial charge in [0, 0.05) is 52.6 Å². The third-order valence-corrected chi connectivity index (χ3v) is 3.57. The van der Waals surface area contributed by atoms with Crippen LogP contribution in [0.1, 0.15) is 0 Å². The fourth-order valence-corrected chi connectivity index (χ4v) is 2.43. The molecule has 0 amide bonds. The van der Waals surface area contributed by atoms with Crippen LogP contribution in [0.3, 0.4) is 0 Å². The van der Waals surface area contributed by atoms with Crippen LogP contribution in [0.25, 0.3) is 0 Å². The van der Waals surface area contributed by atoms with E-state index >= 15 is 0 Å². The molecule has 0 aliphatic carbocycles. The number of anilines is 1. The zero-order valence-electron chi connectivity index (χ0n) is 13.1. The van der Waals surface area contributed by atoms with Gasteiger partial charge in [0.2, 0.25) is 0 Å². The maximum atomic E-state index is 13.0. The Bertz CT molecular complexity index is 461. The van der Waals surface area contributed by atoms with Crippen LogP contribution >= 0.6 is 24.0 Å². The van der Waals surface area contributed by atoms with Crippen LogP contribution in [0.2, 0.25) is 0 Å². The molecule has 7 heteroatoms. The Kier molecular flexibility index (Phi) is 8.47. The Morgan fingerprint density at radius 1 is 1.23 bits per heavy atom. The van der Waals surface area contributed by atoms with E-state index in [1.807, 2.05) is 12.1 Å². The van der Waals surface area contributed by atoms with Gasteiger partial charge in [-0.05, 0) is 24.3 Å². The van der Waals surface area contributed by atoms with Crippen molar-refractivity contribution >= 4 is 35.6 Å². The van der Waals surface area contributed by atoms with Crippen molar-refractivity contribution in [3.63, 3.8) is 0 Å². The van der Waals surface area contributed by atoms with Gasteiger partial charge in [-0.2, -0.15) is 0 Å². The van der Waals surface area contributed by atoms with E-state index in [2.05, 4.69) is 20.1 Å². The first-order valence-corrected chi connectivity index (χ1v) is 7.19. The molecule has 0 atom stereocenters. The number of nitrogens with zero attached hydrogens (tertiary/aromatic N) is 3. The van der Waals surface area contributed by atoms with E-state index in [9.17, 15) is 4.39 Å². The normalized spacial score (nSPS) is 15.5. The number of hydrogen-bond acceptors (Lipinski definition) is 3. The van der Waals surface area contributed by atoms with Gasteiger partial charge in [-0.15, -0.1) is 24.0 Å². The molecule has 0 unspecified atom stereocenters. The highest BCUT2D eigenvalue weighted by Gasteiger charge is 2.19. The number of benzene rings is 1. The minimum absolute atomic E-state index is 0. The third kappa shape index (κ3) is 5.28. The van der Waals surface area contributed by atoms with Gasteiger partial charge in [-0.1, -0.05) is 0 Å². The maximum absolute atomic E-state index is 13.0. The van der Waals surface area contributed by atoms with Gasteiger partial charge in [0.1, 0.15) is 5.82 Å². The first kappa shape index (κ1) is 19.0. The van der Waals surface area contributed by atoms with Crippen LogP contribution in [-0.4, -0.2) is 64.3 Å². The molecule has 1 aromatic rings. The van der Waals surface area contributed by atoms with Gasteiger partial charge in [0.15, 0.2) is 5.96 Å². The molecule has 1 aliphatic rings. The van der Waals surface area contributed by atoms with Gasteiger partial charge < -0.3 is 19.9 Å². The summed E-state index contributed by atoms with van der Waals surface area (Å²) < 4.78 is 18.0. The largest absolute Gasteiger partial charge is 0.383 e. The molecular weight excluding hydrogens is 398 g/mol. The molecule has 2 rings (SSSR count). The Labute approximate surface area is 148 Å². The fourth-order valence-electron chi connectivity index (χ4n) is 2.43. The fraction of sp³-hybridized carbons (Fsp3) is 0.533. The summed E-state index contributed by atoms with van der Waals surface area (Å²) >= 11 is 0. The lowest BCUT2D eigenvalue weighted by molar-refractivity contribution is 0.202. The van der Waals surface area contributed by atoms with Gasteiger partial charge in [0.25, 0.3) is 0 Å². The van der Waals surface area contributed by atoms with Crippen LogP contribution in [0.15, 0.2) is 29.3 Å².